The highest BCUT2D eigenvalue weighted by Crippen LogP contribution is 2.32. The van der Waals surface area contributed by atoms with E-state index in [2.05, 4.69) is 0 Å². The van der Waals surface area contributed by atoms with E-state index in [0.717, 1.165) is 12.1 Å². The van der Waals surface area contributed by atoms with Crippen LogP contribution in [-0.4, -0.2) is 18.0 Å². The van der Waals surface area contributed by atoms with Gasteiger partial charge in [-0.25, -0.2) is 8.78 Å². The van der Waals surface area contributed by atoms with E-state index in [-0.39, 0.29) is 13.1 Å². The molecule has 5 nitrogen and oxygen atoms in total. The average molecular weight is 269 g/mol. The Kier molecular flexibility index (Phi) is 4.75. The fourth-order valence-electron chi connectivity index (χ4n) is 1.73. The average Bonchev–Trinajstić information content (AvgIpc) is 2.38. The molecule has 0 saturated heterocycles. The topological polar surface area (TPSA) is 70.2 Å². The van der Waals surface area contributed by atoms with Gasteiger partial charge in [0.2, 0.25) is 0 Å². The Bertz CT molecular complexity index is 528. The van der Waals surface area contributed by atoms with Crippen molar-refractivity contribution in [2.24, 2.45) is 5.92 Å². The summed E-state index contributed by atoms with van der Waals surface area (Å²) < 4.78 is 27.1. The van der Waals surface area contributed by atoms with Gasteiger partial charge >= 0.3 is 0 Å². The smallest absolute Gasteiger partial charge is 0.295 e. The van der Waals surface area contributed by atoms with Crippen LogP contribution in [0.2, 0.25) is 0 Å². The van der Waals surface area contributed by atoms with E-state index in [4.69, 9.17) is 5.26 Å². The van der Waals surface area contributed by atoms with Gasteiger partial charge in [-0.2, -0.15) is 5.26 Å². The van der Waals surface area contributed by atoms with Gasteiger partial charge in [-0.1, -0.05) is 0 Å². The number of nitrogens with zero attached hydrogens (tertiary/aromatic N) is 3. The normalized spacial score (nSPS) is 11.7. The lowest BCUT2D eigenvalue weighted by Crippen LogP contribution is -2.29. The lowest BCUT2D eigenvalue weighted by molar-refractivity contribution is -0.384. The number of hydrogen-bond acceptors (Lipinski definition) is 4. The van der Waals surface area contributed by atoms with Crippen LogP contribution in [0.4, 0.5) is 20.2 Å². The molecule has 1 atom stereocenters. The Hall–Kier alpha value is -2.23. The van der Waals surface area contributed by atoms with Crippen LogP contribution in [0.5, 0.6) is 0 Å². The summed E-state index contributed by atoms with van der Waals surface area (Å²) in [7, 11) is 0. The Balaban J connectivity index is 3.32. The van der Waals surface area contributed by atoms with Gasteiger partial charge in [0.1, 0.15) is 0 Å². The van der Waals surface area contributed by atoms with Crippen molar-refractivity contribution in [3.8, 4) is 6.07 Å². The van der Waals surface area contributed by atoms with E-state index >= 15 is 0 Å². The number of nitriles is 1. The quantitative estimate of drug-likeness (QED) is 0.608. The molecule has 7 heteroatoms. The molecule has 1 unspecified atom stereocenters. The molecule has 1 aromatic rings. The molecular weight excluding hydrogens is 256 g/mol. The van der Waals surface area contributed by atoms with Gasteiger partial charge in [-0.05, 0) is 19.9 Å². The highest BCUT2D eigenvalue weighted by atomic mass is 19.2. The van der Waals surface area contributed by atoms with Gasteiger partial charge < -0.3 is 4.90 Å². The first-order valence-corrected chi connectivity index (χ1v) is 5.69. The standard InChI is InChI=1S/C12H13F2N3O2/c1-3-16(7-8(2)6-15)12-10(17(18)19)5-4-9(13)11(12)14/h4-5,8H,3,7H2,1-2H3. The first kappa shape index (κ1) is 14.8. The first-order chi connectivity index (χ1) is 8.92. The zero-order valence-corrected chi connectivity index (χ0v) is 10.6. The third-order valence-corrected chi connectivity index (χ3v) is 2.66. The van der Waals surface area contributed by atoms with Crippen LogP contribution in [0.25, 0.3) is 0 Å². The summed E-state index contributed by atoms with van der Waals surface area (Å²) in [5.41, 5.74) is -0.916. The van der Waals surface area contributed by atoms with E-state index in [1.165, 1.54) is 4.90 Å². The van der Waals surface area contributed by atoms with Crippen molar-refractivity contribution in [1.82, 2.24) is 0 Å². The fraction of sp³-hybridized carbons (Fsp3) is 0.417. The minimum absolute atomic E-state index is 0.0915. The van der Waals surface area contributed by atoms with Gasteiger partial charge in [0.25, 0.3) is 5.69 Å². The van der Waals surface area contributed by atoms with E-state index in [1.54, 1.807) is 13.8 Å². The molecular formula is C12H13F2N3O2. The minimum atomic E-state index is -1.26. The number of hydrogen-bond donors (Lipinski definition) is 0. The SMILES string of the molecule is CCN(CC(C)C#N)c1c([N+](=O)[O-])ccc(F)c1F. The van der Waals surface area contributed by atoms with E-state index < -0.39 is 33.9 Å². The second kappa shape index (κ2) is 6.09. The maximum absolute atomic E-state index is 13.8. The maximum atomic E-state index is 13.8. The Morgan fingerprint density at radius 3 is 2.63 bits per heavy atom. The van der Waals surface area contributed by atoms with Crippen molar-refractivity contribution in [1.29, 1.82) is 5.26 Å². The highest BCUT2D eigenvalue weighted by Gasteiger charge is 2.26. The molecule has 102 valence electrons. The predicted octanol–water partition coefficient (Wildman–Crippen LogP) is 2.86. The second-order valence-electron chi connectivity index (χ2n) is 4.05. The molecule has 0 radical (unpaired) electrons. The highest BCUT2D eigenvalue weighted by molar-refractivity contribution is 5.64. The molecule has 0 spiro atoms. The van der Waals surface area contributed by atoms with Crippen LogP contribution in [0.3, 0.4) is 0 Å². The van der Waals surface area contributed by atoms with Crippen molar-refractivity contribution >= 4 is 11.4 Å². The van der Waals surface area contributed by atoms with Crippen molar-refractivity contribution < 1.29 is 13.7 Å². The minimum Gasteiger partial charge on any atom is -0.362 e. The number of rotatable bonds is 5. The molecule has 1 aromatic carbocycles. The molecule has 0 saturated carbocycles. The van der Waals surface area contributed by atoms with Crippen LogP contribution in [0.15, 0.2) is 12.1 Å². The van der Waals surface area contributed by atoms with Crippen LogP contribution < -0.4 is 4.90 Å². The first-order valence-electron chi connectivity index (χ1n) is 5.69. The summed E-state index contributed by atoms with van der Waals surface area (Å²) >= 11 is 0. The molecule has 0 heterocycles. The van der Waals surface area contributed by atoms with Crippen molar-refractivity contribution in [3.63, 3.8) is 0 Å². The van der Waals surface area contributed by atoms with Gasteiger partial charge in [0, 0.05) is 19.2 Å². The molecule has 0 fully saturated rings. The molecule has 0 aliphatic heterocycles. The monoisotopic (exact) mass is 269 g/mol. The van der Waals surface area contributed by atoms with Gasteiger partial charge in [-0.15, -0.1) is 0 Å². The lowest BCUT2D eigenvalue weighted by atomic mass is 10.1. The van der Waals surface area contributed by atoms with Crippen LogP contribution in [0, 0.1) is 39.0 Å². The molecule has 0 bridgehead atoms. The molecule has 1 rings (SSSR count). The number of nitro groups is 1. The Morgan fingerprint density at radius 2 is 2.16 bits per heavy atom. The summed E-state index contributed by atoms with van der Waals surface area (Å²) in [6.45, 7) is 3.57. The van der Waals surface area contributed by atoms with Crippen LogP contribution in [0.1, 0.15) is 13.8 Å². The van der Waals surface area contributed by atoms with Gasteiger partial charge in [-0.3, -0.25) is 10.1 Å². The molecule has 19 heavy (non-hydrogen) atoms. The van der Waals surface area contributed by atoms with Crippen molar-refractivity contribution in [2.75, 3.05) is 18.0 Å². The van der Waals surface area contributed by atoms with Gasteiger partial charge in [0.05, 0.1) is 16.9 Å². The number of anilines is 1. The largest absolute Gasteiger partial charge is 0.362 e. The fourth-order valence-corrected chi connectivity index (χ4v) is 1.73. The zero-order chi connectivity index (χ0) is 14.6. The van der Waals surface area contributed by atoms with E-state index in [0.29, 0.717) is 0 Å². The second-order valence-corrected chi connectivity index (χ2v) is 4.05. The third kappa shape index (κ3) is 3.16. The van der Waals surface area contributed by atoms with E-state index in [9.17, 15) is 18.9 Å². The summed E-state index contributed by atoms with van der Waals surface area (Å²) in [6.07, 6.45) is 0. The van der Waals surface area contributed by atoms with E-state index in [1.807, 2.05) is 6.07 Å². The molecule has 0 aliphatic rings. The summed E-state index contributed by atoms with van der Waals surface area (Å²) in [5.74, 6) is -2.87. The molecule has 0 aromatic heterocycles. The zero-order valence-electron chi connectivity index (χ0n) is 10.6. The number of halogens is 2. The van der Waals surface area contributed by atoms with Crippen molar-refractivity contribution in [2.45, 2.75) is 13.8 Å². The number of nitro benzene ring substituents is 1. The summed E-state index contributed by atoms with van der Waals surface area (Å²) in [5, 5.41) is 19.6. The van der Waals surface area contributed by atoms with Crippen LogP contribution in [-0.2, 0) is 0 Å². The van der Waals surface area contributed by atoms with Gasteiger partial charge in [0.15, 0.2) is 17.3 Å². The molecule has 0 amide bonds. The predicted molar refractivity (Wildman–Crippen MR) is 65.7 cm³/mol. The van der Waals surface area contributed by atoms with Crippen LogP contribution >= 0.6 is 0 Å². The maximum Gasteiger partial charge on any atom is 0.295 e. The summed E-state index contributed by atoms with van der Waals surface area (Å²) in [6, 6.07) is 3.60. The third-order valence-electron chi connectivity index (χ3n) is 2.66. The Morgan fingerprint density at radius 1 is 1.53 bits per heavy atom. The number of benzene rings is 1. The summed E-state index contributed by atoms with van der Waals surface area (Å²) in [4.78, 5) is 11.4. The van der Waals surface area contributed by atoms with Crippen molar-refractivity contribution in [3.05, 3.63) is 33.9 Å². The molecule has 0 N–H and O–H groups in total. The Labute approximate surface area is 109 Å². The lowest BCUT2D eigenvalue weighted by Gasteiger charge is -2.24. The molecule has 0 aliphatic carbocycles.